The number of aromatic nitrogens is 2. The van der Waals surface area contributed by atoms with Gasteiger partial charge in [-0.05, 0) is 30.2 Å². The third-order valence-corrected chi connectivity index (χ3v) is 4.99. The normalized spacial score (nSPS) is 16.7. The molecule has 0 fully saturated rings. The molecule has 0 aliphatic carbocycles. The molecule has 0 radical (unpaired) electrons. The largest absolute Gasteiger partial charge is 0.493 e. The fraction of sp³-hybridized carbons (Fsp3) is 0.444. The van der Waals surface area contributed by atoms with Crippen LogP contribution in [0.1, 0.15) is 54.0 Å². The van der Waals surface area contributed by atoms with Crippen molar-refractivity contribution in [2.24, 2.45) is 7.05 Å². The highest BCUT2D eigenvalue weighted by Crippen LogP contribution is 2.37. The van der Waals surface area contributed by atoms with Crippen molar-refractivity contribution in [3.05, 3.63) is 45.7 Å². The van der Waals surface area contributed by atoms with E-state index in [1.807, 2.05) is 38.4 Å². The van der Waals surface area contributed by atoms with Gasteiger partial charge in [0.15, 0.2) is 5.69 Å². The summed E-state index contributed by atoms with van der Waals surface area (Å²) >= 11 is 3.50. The number of ether oxygens (including phenoxy) is 1. The lowest BCUT2D eigenvalue weighted by Crippen LogP contribution is -2.34. The summed E-state index contributed by atoms with van der Waals surface area (Å²) in [6.45, 7) is 4.80. The van der Waals surface area contributed by atoms with Gasteiger partial charge in [0.1, 0.15) is 5.75 Å². The van der Waals surface area contributed by atoms with Crippen LogP contribution < -0.4 is 4.74 Å². The second-order valence-corrected chi connectivity index (χ2v) is 7.40. The highest BCUT2D eigenvalue weighted by atomic mass is 79.9. The summed E-state index contributed by atoms with van der Waals surface area (Å²) in [7, 11) is 3.72. The Bertz CT molecular complexity index is 770. The van der Waals surface area contributed by atoms with Gasteiger partial charge in [0, 0.05) is 36.2 Å². The van der Waals surface area contributed by atoms with Gasteiger partial charge in [-0.25, -0.2) is 0 Å². The third-order valence-electron chi connectivity index (χ3n) is 4.49. The van der Waals surface area contributed by atoms with Crippen LogP contribution in [0.2, 0.25) is 0 Å². The van der Waals surface area contributed by atoms with Gasteiger partial charge in [-0.1, -0.05) is 29.8 Å². The van der Waals surface area contributed by atoms with Crippen molar-refractivity contribution in [1.29, 1.82) is 0 Å². The fourth-order valence-corrected chi connectivity index (χ4v) is 3.58. The molecule has 1 aromatic heterocycles. The Morgan fingerprint density at radius 3 is 2.83 bits per heavy atom. The van der Waals surface area contributed by atoms with E-state index in [0.29, 0.717) is 18.2 Å². The number of benzene rings is 1. The Labute approximate surface area is 150 Å². The standard InChI is InChI=1S/C18H22BrN3O2/c1-11(2)16-10-14(20-22(16)4)18(23)21(3)15-7-8-24-17-6-5-12(19)9-13(15)17/h5-6,9-11,15H,7-8H2,1-4H3/t15-/m0/s1. The minimum Gasteiger partial charge on any atom is -0.493 e. The third kappa shape index (κ3) is 3.07. The summed E-state index contributed by atoms with van der Waals surface area (Å²) in [5.74, 6) is 1.11. The van der Waals surface area contributed by atoms with Crippen LogP contribution in [-0.2, 0) is 7.05 Å². The van der Waals surface area contributed by atoms with Crippen LogP contribution in [-0.4, -0.2) is 34.2 Å². The zero-order chi connectivity index (χ0) is 17.4. The van der Waals surface area contributed by atoms with Gasteiger partial charge in [0.25, 0.3) is 5.91 Å². The second-order valence-electron chi connectivity index (χ2n) is 6.48. The van der Waals surface area contributed by atoms with Crippen LogP contribution in [0.3, 0.4) is 0 Å². The molecule has 6 heteroatoms. The summed E-state index contributed by atoms with van der Waals surface area (Å²) < 4.78 is 8.50. The molecule has 24 heavy (non-hydrogen) atoms. The van der Waals surface area contributed by atoms with Crippen molar-refractivity contribution in [3.63, 3.8) is 0 Å². The number of nitrogens with zero attached hydrogens (tertiary/aromatic N) is 3. The molecule has 0 saturated carbocycles. The van der Waals surface area contributed by atoms with E-state index in [2.05, 4.69) is 34.9 Å². The maximum Gasteiger partial charge on any atom is 0.274 e. The number of rotatable bonds is 3. The number of aryl methyl sites for hydroxylation is 1. The molecule has 3 rings (SSSR count). The topological polar surface area (TPSA) is 47.4 Å². The summed E-state index contributed by atoms with van der Waals surface area (Å²) in [5, 5.41) is 4.41. The van der Waals surface area contributed by atoms with Crippen LogP contribution in [0.25, 0.3) is 0 Å². The molecule has 128 valence electrons. The predicted molar refractivity (Wildman–Crippen MR) is 96.4 cm³/mol. The minimum atomic E-state index is -0.0599. The molecule has 0 bridgehead atoms. The van der Waals surface area contributed by atoms with E-state index in [9.17, 15) is 4.79 Å². The van der Waals surface area contributed by atoms with Crippen molar-refractivity contribution in [3.8, 4) is 5.75 Å². The van der Waals surface area contributed by atoms with Crippen LogP contribution >= 0.6 is 15.9 Å². The van der Waals surface area contributed by atoms with E-state index in [-0.39, 0.29) is 11.9 Å². The van der Waals surface area contributed by atoms with Crippen LogP contribution in [0.15, 0.2) is 28.7 Å². The van der Waals surface area contributed by atoms with Gasteiger partial charge in [0.05, 0.1) is 12.6 Å². The maximum absolute atomic E-state index is 12.9. The number of fused-ring (bicyclic) bond motifs is 1. The first-order valence-corrected chi connectivity index (χ1v) is 8.91. The van der Waals surface area contributed by atoms with Crippen LogP contribution in [0, 0.1) is 0 Å². The smallest absolute Gasteiger partial charge is 0.274 e. The van der Waals surface area contributed by atoms with Gasteiger partial charge < -0.3 is 9.64 Å². The maximum atomic E-state index is 12.9. The molecular weight excluding hydrogens is 370 g/mol. The van der Waals surface area contributed by atoms with Crippen molar-refractivity contribution in [2.45, 2.75) is 32.2 Å². The van der Waals surface area contributed by atoms with Crippen LogP contribution in [0.4, 0.5) is 0 Å². The molecule has 0 spiro atoms. The Morgan fingerprint density at radius 1 is 1.42 bits per heavy atom. The first-order chi connectivity index (χ1) is 11.4. The number of halogens is 1. The number of hydrogen-bond donors (Lipinski definition) is 0. The Morgan fingerprint density at radius 2 is 2.17 bits per heavy atom. The Balaban J connectivity index is 1.90. The van der Waals surface area contributed by atoms with Gasteiger partial charge in [-0.15, -0.1) is 0 Å². The van der Waals surface area contributed by atoms with E-state index in [1.165, 1.54) is 0 Å². The number of carbonyl (C=O) groups is 1. The fourth-order valence-electron chi connectivity index (χ4n) is 3.20. The zero-order valence-electron chi connectivity index (χ0n) is 14.4. The molecule has 2 aromatic rings. The first-order valence-electron chi connectivity index (χ1n) is 8.12. The van der Waals surface area contributed by atoms with E-state index < -0.39 is 0 Å². The lowest BCUT2D eigenvalue weighted by atomic mass is 9.99. The summed E-state index contributed by atoms with van der Waals surface area (Å²) in [4.78, 5) is 14.7. The summed E-state index contributed by atoms with van der Waals surface area (Å²) in [5.41, 5.74) is 2.58. The lowest BCUT2D eigenvalue weighted by molar-refractivity contribution is 0.0679. The Hall–Kier alpha value is -1.82. The molecular formula is C18H22BrN3O2. The molecule has 0 unspecified atom stereocenters. The number of hydrogen-bond acceptors (Lipinski definition) is 3. The van der Waals surface area contributed by atoms with E-state index in [0.717, 1.165) is 27.9 Å². The lowest BCUT2D eigenvalue weighted by Gasteiger charge is -2.33. The minimum absolute atomic E-state index is 0.0109. The summed E-state index contributed by atoms with van der Waals surface area (Å²) in [6, 6.07) is 7.81. The Kier molecular flexibility index (Phi) is 4.67. The first kappa shape index (κ1) is 17.0. The van der Waals surface area contributed by atoms with Gasteiger partial charge in [0.2, 0.25) is 0 Å². The average molecular weight is 392 g/mol. The molecule has 0 N–H and O–H groups in total. The summed E-state index contributed by atoms with van der Waals surface area (Å²) in [6.07, 6.45) is 0.773. The molecule has 1 amide bonds. The van der Waals surface area contributed by atoms with Crippen molar-refractivity contribution < 1.29 is 9.53 Å². The predicted octanol–water partition coefficient (Wildman–Crippen LogP) is 3.90. The van der Waals surface area contributed by atoms with Crippen molar-refractivity contribution >= 4 is 21.8 Å². The highest BCUT2D eigenvalue weighted by molar-refractivity contribution is 9.10. The SMILES string of the molecule is CC(C)c1cc(C(=O)N(C)[C@H]2CCOc3ccc(Br)cc32)nn1C. The van der Waals surface area contributed by atoms with E-state index in [4.69, 9.17) is 4.74 Å². The molecule has 1 aliphatic heterocycles. The molecule has 1 atom stereocenters. The van der Waals surface area contributed by atoms with Gasteiger partial charge in [-0.3, -0.25) is 9.48 Å². The molecule has 1 aromatic carbocycles. The van der Waals surface area contributed by atoms with Crippen LogP contribution in [0.5, 0.6) is 5.75 Å². The molecule has 0 saturated heterocycles. The number of carbonyl (C=O) groups excluding carboxylic acids is 1. The monoisotopic (exact) mass is 391 g/mol. The van der Waals surface area contributed by atoms with Gasteiger partial charge >= 0.3 is 0 Å². The van der Waals surface area contributed by atoms with Crippen molar-refractivity contribution in [2.75, 3.05) is 13.7 Å². The molecule has 2 heterocycles. The average Bonchev–Trinajstić information content (AvgIpc) is 2.95. The zero-order valence-corrected chi connectivity index (χ0v) is 16.0. The van der Waals surface area contributed by atoms with E-state index >= 15 is 0 Å². The van der Waals surface area contributed by atoms with E-state index in [1.54, 1.807) is 9.58 Å². The number of amides is 1. The second kappa shape index (κ2) is 6.59. The highest BCUT2D eigenvalue weighted by Gasteiger charge is 2.30. The quantitative estimate of drug-likeness (QED) is 0.796. The molecule has 1 aliphatic rings. The molecule has 5 nitrogen and oxygen atoms in total. The van der Waals surface area contributed by atoms with Gasteiger partial charge in [-0.2, -0.15) is 5.10 Å². The van der Waals surface area contributed by atoms with Crippen molar-refractivity contribution in [1.82, 2.24) is 14.7 Å².